The van der Waals surface area contributed by atoms with Gasteiger partial charge in [-0.1, -0.05) is 26.7 Å². The SMILES string of the molecule is CCCCc1nc(CNCC2C[N+](C)(Cc3csc(CCCC)n3)CCO2)cs1.[Cl-]. The van der Waals surface area contributed by atoms with E-state index in [0.29, 0.717) is 0 Å². The number of unbranched alkanes of at least 4 members (excludes halogenated alkanes) is 2. The Morgan fingerprint density at radius 1 is 1.07 bits per heavy atom. The second kappa shape index (κ2) is 13.1. The van der Waals surface area contributed by atoms with Crippen molar-refractivity contribution in [2.24, 2.45) is 0 Å². The highest BCUT2D eigenvalue weighted by Crippen LogP contribution is 2.20. The summed E-state index contributed by atoms with van der Waals surface area (Å²) in [4.78, 5) is 9.62. The third-order valence-electron chi connectivity index (χ3n) is 5.54. The number of aryl methyl sites for hydroxylation is 2. The number of hydrogen-bond donors (Lipinski definition) is 1. The number of halogens is 1. The Balaban J connectivity index is 0.00000320. The van der Waals surface area contributed by atoms with Crippen LogP contribution in [-0.4, -0.2) is 53.8 Å². The van der Waals surface area contributed by atoms with E-state index in [0.717, 1.165) is 62.3 Å². The van der Waals surface area contributed by atoms with Crippen LogP contribution in [0.3, 0.4) is 0 Å². The Morgan fingerprint density at radius 2 is 1.70 bits per heavy atom. The molecule has 30 heavy (non-hydrogen) atoms. The topological polar surface area (TPSA) is 47.0 Å². The molecule has 1 N–H and O–H groups in total. The number of hydrogen-bond acceptors (Lipinski definition) is 6. The summed E-state index contributed by atoms with van der Waals surface area (Å²) in [6.45, 7) is 10.1. The molecule has 5 nitrogen and oxygen atoms in total. The molecule has 0 saturated carbocycles. The van der Waals surface area contributed by atoms with Gasteiger partial charge in [0.05, 0.1) is 29.4 Å². The van der Waals surface area contributed by atoms with Gasteiger partial charge in [-0.2, -0.15) is 0 Å². The first-order valence-electron chi connectivity index (χ1n) is 11.1. The van der Waals surface area contributed by atoms with Crippen LogP contribution in [0.25, 0.3) is 0 Å². The molecule has 0 amide bonds. The van der Waals surface area contributed by atoms with Crippen molar-refractivity contribution in [1.29, 1.82) is 0 Å². The van der Waals surface area contributed by atoms with Gasteiger partial charge in [0.1, 0.15) is 31.4 Å². The number of nitrogens with zero attached hydrogens (tertiary/aromatic N) is 3. The minimum Gasteiger partial charge on any atom is -1.00 e. The van der Waals surface area contributed by atoms with E-state index in [-0.39, 0.29) is 18.5 Å². The average molecular weight is 473 g/mol. The summed E-state index contributed by atoms with van der Waals surface area (Å²) in [7, 11) is 2.35. The summed E-state index contributed by atoms with van der Waals surface area (Å²) in [5.41, 5.74) is 2.41. The molecule has 0 aliphatic carbocycles. The second-order valence-corrected chi connectivity index (χ2v) is 10.4. The van der Waals surface area contributed by atoms with Crippen LogP contribution in [0.15, 0.2) is 10.8 Å². The molecular formula is C22H37ClN4OS2. The third kappa shape index (κ3) is 8.17. The highest BCUT2D eigenvalue weighted by atomic mass is 35.5. The van der Waals surface area contributed by atoms with Gasteiger partial charge < -0.3 is 26.9 Å². The lowest BCUT2D eigenvalue weighted by Gasteiger charge is -2.40. The molecule has 1 fully saturated rings. The van der Waals surface area contributed by atoms with Gasteiger partial charge in [0.25, 0.3) is 0 Å². The number of thiazole rings is 2. The maximum atomic E-state index is 6.05. The summed E-state index contributed by atoms with van der Waals surface area (Å²) >= 11 is 3.62. The van der Waals surface area contributed by atoms with E-state index in [1.807, 2.05) is 11.3 Å². The first-order valence-corrected chi connectivity index (χ1v) is 12.9. The Labute approximate surface area is 196 Å². The number of rotatable bonds is 12. The number of aromatic nitrogens is 2. The van der Waals surface area contributed by atoms with Crippen molar-refractivity contribution < 1.29 is 21.6 Å². The van der Waals surface area contributed by atoms with Gasteiger partial charge >= 0.3 is 0 Å². The maximum absolute atomic E-state index is 6.05. The quantitative estimate of drug-likeness (QED) is 0.475. The molecule has 3 rings (SSSR count). The molecule has 8 heteroatoms. The van der Waals surface area contributed by atoms with Crippen molar-refractivity contribution in [2.75, 3.05) is 33.3 Å². The van der Waals surface area contributed by atoms with Gasteiger partial charge in [0.15, 0.2) is 0 Å². The van der Waals surface area contributed by atoms with E-state index >= 15 is 0 Å². The van der Waals surface area contributed by atoms with E-state index < -0.39 is 0 Å². The summed E-state index contributed by atoms with van der Waals surface area (Å²) in [5, 5.41) is 10.6. The van der Waals surface area contributed by atoms with Gasteiger partial charge in [-0.3, -0.25) is 0 Å². The molecule has 2 aromatic heterocycles. The van der Waals surface area contributed by atoms with Gasteiger partial charge in [-0.15, -0.1) is 22.7 Å². The zero-order valence-corrected chi connectivity index (χ0v) is 21.1. The van der Waals surface area contributed by atoms with Gasteiger partial charge in [-0.05, 0) is 25.7 Å². The van der Waals surface area contributed by atoms with Crippen molar-refractivity contribution in [3.8, 4) is 0 Å². The van der Waals surface area contributed by atoms with E-state index in [1.54, 1.807) is 11.3 Å². The zero-order valence-electron chi connectivity index (χ0n) is 18.7. The summed E-state index contributed by atoms with van der Waals surface area (Å²) in [6, 6.07) is 0. The fourth-order valence-electron chi connectivity index (χ4n) is 3.83. The zero-order chi connectivity index (χ0) is 20.5. The fourth-order valence-corrected chi connectivity index (χ4v) is 5.50. The Kier molecular flexibility index (Phi) is 11.2. The van der Waals surface area contributed by atoms with E-state index in [2.05, 4.69) is 37.0 Å². The lowest BCUT2D eigenvalue weighted by Crippen LogP contribution is -3.00. The predicted molar refractivity (Wildman–Crippen MR) is 123 cm³/mol. The first kappa shape index (κ1) is 25.7. The van der Waals surface area contributed by atoms with Crippen LogP contribution in [0.4, 0.5) is 0 Å². The molecule has 1 saturated heterocycles. The number of nitrogens with one attached hydrogen (secondary N) is 1. The lowest BCUT2D eigenvalue weighted by molar-refractivity contribution is -0.933. The molecule has 1 aliphatic heterocycles. The average Bonchev–Trinajstić information content (AvgIpc) is 3.34. The maximum Gasteiger partial charge on any atom is 0.122 e. The van der Waals surface area contributed by atoms with Crippen molar-refractivity contribution in [2.45, 2.75) is 71.6 Å². The van der Waals surface area contributed by atoms with Crippen LogP contribution in [0, 0.1) is 0 Å². The van der Waals surface area contributed by atoms with Crippen LogP contribution in [0.2, 0.25) is 0 Å². The van der Waals surface area contributed by atoms with Crippen molar-refractivity contribution in [3.05, 3.63) is 32.2 Å². The Hall–Kier alpha value is -0.570. The van der Waals surface area contributed by atoms with Gasteiger partial charge in [0.2, 0.25) is 0 Å². The smallest absolute Gasteiger partial charge is 0.122 e. The number of morpholine rings is 1. The van der Waals surface area contributed by atoms with Gasteiger partial charge in [-0.25, -0.2) is 9.97 Å². The molecule has 3 heterocycles. The summed E-state index contributed by atoms with van der Waals surface area (Å²) in [6.07, 6.45) is 7.41. The molecule has 2 atom stereocenters. The summed E-state index contributed by atoms with van der Waals surface area (Å²) < 4.78 is 7.07. The highest BCUT2D eigenvalue weighted by Gasteiger charge is 2.32. The molecule has 0 aromatic carbocycles. The number of ether oxygens (including phenoxy) is 1. The predicted octanol–water partition coefficient (Wildman–Crippen LogP) is 1.42. The van der Waals surface area contributed by atoms with Crippen molar-refractivity contribution >= 4 is 22.7 Å². The molecule has 1 aliphatic rings. The van der Waals surface area contributed by atoms with E-state index in [9.17, 15) is 0 Å². The Morgan fingerprint density at radius 3 is 2.37 bits per heavy atom. The monoisotopic (exact) mass is 472 g/mol. The van der Waals surface area contributed by atoms with Crippen LogP contribution in [0.1, 0.15) is 60.9 Å². The summed E-state index contributed by atoms with van der Waals surface area (Å²) in [5.74, 6) is 0. The molecule has 170 valence electrons. The fraction of sp³-hybridized carbons (Fsp3) is 0.727. The third-order valence-corrected chi connectivity index (χ3v) is 7.45. The van der Waals surface area contributed by atoms with E-state index in [1.165, 1.54) is 41.4 Å². The van der Waals surface area contributed by atoms with Crippen LogP contribution < -0.4 is 17.7 Å². The standard InChI is InChI=1S/C22H37N4OS2.ClH/c1-4-6-8-21-24-18(16-28-21)12-23-13-20-15-26(3,10-11-27-20)14-19-17-29-22(25-19)9-7-5-2;/h16-17,20,23H,4-15H2,1-3H3;1H/q+1;/p-1. The molecule has 2 unspecified atom stereocenters. The van der Waals surface area contributed by atoms with E-state index in [4.69, 9.17) is 14.7 Å². The molecule has 0 bridgehead atoms. The van der Waals surface area contributed by atoms with Crippen molar-refractivity contribution in [3.63, 3.8) is 0 Å². The number of likely N-dealkylation sites (N-methyl/N-ethyl adjacent to an activating group) is 1. The minimum atomic E-state index is 0. The largest absolute Gasteiger partial charge is 1.00 e. The molecule has 0 radical (unpaired) electrons. The normalized spacial score (nSPS) is 21.5. The first-order chi connectivity index (χ1) is 14.1. The second-order valence-electron chi connectivity index (χ2n) is 8.48. The van der Waals surface area contributed by atoms with Crippen LogP contribution in [-0.2, 0) is 30.7 Å². The minimum absolute atomic E-state index is 0. The molecule has 0 spiro atoms. The van der Waals surface area contributed by atoms with Gasteiger partial charge in [0, 0.05) is 23.8 Å². The molecule has 2 aromatic rings. The molecular weight excluding hydrogens is 436 g/mol. The number of quaternary nitrogens is 1. The Bertz CT molecular complexity index is 738. The lowest BCUT2D eigenvalue weighted by atomic mass is 10.2. The van der Waals surface area contributed by atoms with Crippen molar-refractivity contribution in [1.82, 2.24) is 15.3 Å². The van der Waals surface area contributed by atoms with Crippen LogP contribution in [0.5, 0.6) is 0 Å². The highest BCUT2D eigenvalue weighted by molar-refractivity contribution is 7.09. The van der Waals surface area contributed by atoms with Crippen LogP contribution >= 0.6 is 22.7 Å².